The van der Waals surface area contributed by atoms with Gasteiger partial charge in [0.05, 0.1) is 0 Å². The van der Waals surface area contributed by atoms with Crippen molar-refractivity contribution in [3.63, 3.8) is 0 Å². The van der Waals surface area contributed by atoms with E-state index in [1.807, 2.05) is 0 Å². The summed E-state index contributed by atoms with van der Waals surface area (Å²) in [6.45, 7) is 2.31. The molecule has 0 radical (unpaired) electrons. The summed E-state index contributed by atoms with van der Waals surface area (Å²) in [4.78, 5) is 15.6. The second-order valence-corrected chi connectivity index (χ2v) is 5.83. The van der Waals surface area contributed by atoms with Crippen LogP contribution in [0.5, 0.6) is 0 Å². The van der Waals surface area contributed by atoms with Gasteiger partial charge in [0.15, 0.2) is 0 Å². The molecule has 4 aliphatic carbocycles. The van der Waals surface area contributed by atoms with E-state index in [0.29, 0.717) is 17.8 Å². The van der Waals surface area contributed by atoms with E-state index in [-0.39, 0.29) is 0 Å². The van der Waals surface area contributed by atoms with Gasteiger partial charge in [-0.2, -0.15) is 0 Å². The molecule has 4 aliphatic rings. The SMILES string of the molecule is CC1[C@@H]2CC3C[C@H]1CC(O[N+](=O)[O-])(C3)C2. The third-order valence-corrected chi connectivity index (χ3v) is 4.96. The van der Waals surface area contributed by atoms with Gasteiger partial charge >= 0.3 is 0 Å². The van der Waals surface area contributed by atoms with E-state index in [1.165, 1.54) is 12.8 Å². The van der Waals surface area contributed by atoms with E-state index in [0.717, 1.165) is 25.2 Å². The van der Waals surface area contributed by atoms with Crippen LogP contribution >= 0.6 is 0 Å². The summed E-state index contributed by atoms with van der Waals surface area (Å²) in [6, 6.07) is 0. The molecule has 0 aromatic carbocycles. The van der Waals surface area contributed by atoms with Crippen molar-refractivity contribution >= 4 is 0 Å². The molecule has 4 fully saturated rings. The van der Waals surface area contributed by atoms with E-state index in [4.69, 9.17) is 4.84 Å². The first-order valence-corrected chi connectivity index (χ1v) is 5.91. The van der Waals surface area contributed by atoms with Crippen molar-refractivity contribution in [2.24, 2.45) is 23.7 Å². The Hall–Kier alpha value is -0.800. The molecule has 4 nitrogen and oxygen atoms in total. The summed E-state index contributed by atoms with van der Waals surface area (Å²) in [6.07, 6.45) is 5.32. The molecular weight excluding hydrogens is 194 g/mol. The molecular formula is C11H17NO3. The van der Waals surface area contributed by atoms with Crippen molar-refractivity contribution in [3.8, 4) is 0 Å². The Bertz CT molecular complexity index is 288. The van der Waals surface area contributed by atoms with Crippen molar-refractivity contribution < 1.29 is 9.92 Å². The molecule has 4 rings (SSSR count). The molecule has 4 bridgehead atoms. The number of rotatable bonds is 2. The van der Waals surface area contributed by atoms with E-state index >= 15 is 0 Å². The van der Waals surface area contributed by atoms with Crippen LogP contribution in [0.25, 0.3) is 0 Å². The molecule has 0 aliphatic heterocycles. The summed E-state index contributed by atoms with van der Waals surface area (Å²) in [5.41, 5.74) is -0.396. The Kier molecular flexibility index (Phi) is 1.80. The first-order valence-electron chi connectivity index (χ1n) is 5.91. The third kappa shape index (κ3) is 1.34. The quantitative estimate of drug-likeness (QED) is 0.520. The summed E-state index contributed by atoms with van der Waals surface area (Å²) in [5, 5.41) is 9.98. The van der Waals surface area contributed by atoms with Crippen molar-refractivity contribution in [2.45, 2.75) is 44.6 Å². The van der Waals surface area contributed by atoms with Crippen molar-refractivity contribution in [3.05, 3.63) is 10.1 Å². The van der Waals surface area contributed by atoms with Crippen LogP contribution in [-0.2, 0) is 4.84 Å². The molecule has 0 amide bonds. The van der Waals surface area contributed by atoms with Crippen LogP contribution in [-0.4, -0.2) is 10.7 Å². The molecule has 5 atom stereocenters. The summed E-state index contributed by atoms with van der Waals surface area (Å²) >= 11 is 0. The minimum atomic E-state index is -0.572. The lowest BCUT2D eigenvalue weighted by atomic mass is 9.50. The predicted molar refractivity (Wildman–Crippen MR) is 53.5 cm³/mol. The highest BCUT2D eigenvalue weighted by Gasteiger charge is 2.56. The molecule has 0 N–H and O–H groups in total. The largest absolute Gasteiger partial charge is 0.307 e. The Morgan fingerprint density at radius 1 is 1.27 bits per heavy atom. The van der Waals surface area contributed by atoms with Gasteiger partial charge in [0.2, 0.25) is 0 Å². The maximum Gasteiger partial charge on any atom is 0.295 e. The van der Waals surface area contributed by atoms with Crippen LogP contribution < -0.4 is 0 Å². The third-order valence-electron chi connectivity index (χ3n) is 4.96. The molecule has 0 aromatic rings. The topological polar surface area (TPSA) is 52.4 Å². The lowest BCUT2D eigenvalue weighted by molar-refractivity contribution is -0.785. The van der Waals surface area contributed by atoms with Gasteiger partial charge in [0.1, 0.15) is 5.60 Å². The van der Waals surface area contributed by atoms with Gasteiger partial charge in [-0.15, -0.1) is 10.1 Å². The summed E-state index contributed by atoms with van der Waals surface area (Å²) in [7, 11) is 0. The molecule has 84 valence electrons. The molecule has 4 saturated carbocycles. The molecule has 15 heavy (non-hydrogen) atoms. The van der Waals surface area contributed by atoms with Crippen LogP contribution in [0.2, 0.25) is 0 Å². The lowest BCUT2D eigenvalue weighted by Gasteiger charge is -2.58. The van der Waals surface area contributed by atoms with Gasteiger partial charge in [-0.3, -0.25) is 0 Å². The fraction of sp³-hybridized carbons (Fsp3) is 1.00. The van der Waals surface area contributed by atoms with Gasteiger partial charge < -0.3 is 4.84 Å². The Morgan fingerprint density at radius 3 is 2.40 bits per heavy atom. The average molecular weight is 211 g/mol. The summed E-state index contributed by atoms with van der Waals surface area (Å²) < 4.78 is 0. The zero-order valence-electron chi connectivity index (χ0n) is 9.02. The van der Waals surface area contributed by atoms with Crippen molar-refractivity contribution in [1.29, 1.82) is 0 Å². The van der Waals surface area contributed by atoms with Gasteiger partial charge in [-0.25, -0.2) is 0 Å². The van der Waals surface area contributed by atoms with Crippen LogP contribution in [0.3, 0.4) is 0 Å². The molecule has 3 unspecified atom stereocenters. The van der Waals surface area contributed by atoms with Crippen molar-refractivity contribution in [1.82, 2.24) is 0 Å². The maximum absolute atomic E-state index is 10.5. The Labute approximate surface area is 89.1 Å². The Balaban J connectivity index is 1.85. The van der Waals surface area contributed by atoms with E-state index in [2.05, 4.69) is 6.92 Å². The molecule has 0 heterocycles. The van der Waals surface area contributed by atoms with Gasteiger partial charge in [-0.05, 0) is 55.8 Å². The minimum absolute atomic E-state index is 0.396. The first kappa shape index (κ1) is 9.43. The fourth-order valence-corrected chi connectivity index (χ4v) is 4.47. The highest BCUT2D eigenvalue weighted by Crippen LogP contribution is 2.59. The second kappa shape index (κ2) is 2.86. The maximum atomic E-state index is 10.5. The number of hydrogen-bond donors (Lipinski definition) is 0. The van der Waals surface area contributed by atoms with Gasteiger partial charge in [-0.1, -0.05) is 6.92 Å². The van der Waals surface area contributed by atoms with Gasteiger partial charge in [0, 0.05) is 0 Å². The van der Waals surface area contributed by atoms with Gasteiger partial charge in [0.25, 0.3) is 5.09 Å². The lowest BCUT2D eigenvalue weighted by Crippen LogP contribution is -2.55. The zero-order valence-corrected chi connectivity index (χ0v) is 9.02. The Morgan fingerprint density at radius 2 is 1.87 bits per heavy atom. The highest BCUT2D eigenvalue weighted by atomic mass is 17.0. The van der Waals surface area contributed by atoms with Crippen LogP contribution in [0.4, 0.5) is 0 Å². The summed E-state index contributed by atoms with van der Waals surface area (Å²) in [5.74, 6) is 2.80. The standard InChI is InChI=1S/C11H17NO3/c1-7-9-2-8-3-10(7)6-11(4-8,5-9)15-12(13)14/h7-10H,2-6H2,1H3/t7?,8?,9-,10+,11?. The average Bonchev–Trinajstić information content (AvgIpc) is 2.10. The molecule has 0 spiro atoms. The normalized spacial score (nSPS) is 51.8. The smallest absolute Gasteiger partial charge is 0.295 e. The fourth-order valence-electron chi connectivity index (χ4n) is 4.47. The van der Waals surface area contributed by atoms with Crippen molar-refractivity contribution in [2.75, 3.05) is 0 Å². The zero-order chi connectivity index (χ0) is 10.6. The minimum Gasteiger partial charge on any atom is -0.307 e. The molecule has 0 saturated heterocycles. The van der Waals surface area contributed by atoms with E-state index in [1.54, 1.807) is 0 Å². The monoisotopic (exact) mass is 211 g/mol. The number of nitrogens with zero attached hydrogens (tertiary/aromatic N) is 1. The van der Waals surface area contributed by atoms with E-state index in [9.17, 15) is 10.1 Å². The number of hydrogen-bond acceptors (Lipinski definition) is 3. The van der Waals surface area contributed by atoms with E-state index < -0.39 is 10.7 Å². The predicted octanol–water partition coefficient (Wildman–Crippen LogP) is 2.41. The first-order chi connectivity index (χ1) is 7.08. The second-order valence-electron chi connectivity index (χ2n) is 5.83. The highest BCUT2D eigenvalue weighted by molar-refractivity contribution is 5.04. The van der Waals surface area contributed by atoms with Crippen LogP contribution in [0.15, 0.2) is 0 Å². The molecule has 4 heteroatoms. The van der Waals surface area contributed by atoms with Crippen LogP contribution in [0.1, 0.15) is 39.0 Å². The molecule has 0 aromatic heterocycles. The van der Waals surface area contributed by atoms with Crippen LogP contribution in [0, 0.1) is 33.8 Å².